The highest BCUT2D eigenvalue weighted by Gasteiger charge is 2.35. The SMILES string of the molecule is CC1=C(C(=O)Nc2ccccc2C(F)(F)F)C(c2ccc(C)cc2)NC(=O)N1. The first kappa shape index (κ1) is 19.5. The number of nitrogens with one attached hydrogen (secondary N) is 3. The minimum absolute atomic E-state index is 0.139. The minimum Gasteiger partial charge on any atom is -0.327 e. The molecule has 3 amide bonds. The maximum atomic E-state index is 13.2. The lowest BCUT2D eigenvalue weighted by Crippen LogP contribution is -2.46. The molecular formula is C20H18F3N3O2. The number of alkyl halides is 3. The van der Waals surface area contributed by atoms with Crippen molar-refractivity contribution in [2.75, 3.05) is 5.32 Å². The summed E-state index contributed by atoms with van der Waals surface area (Å²) in [5, 5.41) is 7.49. The summed E-state index contributed by atoms with van der Waals surface area (Å²) in [5.74, 6) is -0.729. The number of aryl methyl sites for hydroxylation is 1. The molecule has 1 aliphatic rings. The number of benzene rings is 2. The number of carbonyl (C=O) groups is 2. The summed E-state index contributed by atoms with van der Waals surface area (Å²) in [6, 6.07) is 10.6. The van der Waals surface area contributed by atoms with Gasteiger partial charge in [-0.05, 0) is 31.5 Å². The van der Waals surface area contributed by atoms with Gasteiger partial charge < -0.3 is 16.0 Å². The van der Waals surface area contributed by atoms with E-state index in [0.29, 0.717) is 5.56 Å². The van der Waals surface area contributed by atoms with Gasteiger partial charge in [-0.2, -0.15) is 13.2 Å². The molecule has 3 rings (SSSR count). The molecule has 1 atom stereocenters. The molecule has 1 aliphatic heterocycles. The standard InChI is InChI=1S/C20H18F3N3O2/c1-11-7-9-13(10-8-11)17-16(12(2)24-19(28)26-17)18(27)25-15-6-4-3-5-14(15)20(21,22)23/h3-10,17H,1-2H3,(H,25,27)(H2,24,26,28). The van der Waals surface area contributed by atoms with Crippen LogP contribution in [0.15, 0.2) is 59.8 Å². The van der Waals surface area contributed by atoms with E-state index in [-0.39, 0.29) is 17.0 Å². The predicted molar refractivity (Wildman–Crippen MR) is 98.4 cm³/mol. The molecule has 0 aromatic heterocycles. The van der Waals surface area contributed by atoms with Gasteiger partial charge in [0.2, 0.25) is 0 Å². The Morgan fingerprint density at radius 3 is 2.32 bits per heavy atom. The Bertz CT molecular complexity index is 950. The summed E-state index contributed by atoms with van der Waals surface area (Å²) in [6.07, 6.45) is -4.61. The van der Waals surface area contributed by atoms with E-state index in [4.69, 9.17) is 0 Å². The molecule has 1 unspecified atom stereocenters. The number of para-hydroxylation sites is 1. The van der Waals surface area contributed by atoms with Gasteiger partial charge in [-0.25, -0.2) is 4.79 Å². The van der Waals surface area contributed by atoms with Crippen LogP contribution in [0.4, 0.5) is 23.7 Å². The number of halogens is 3. The molecule has 0 saturated heterocycles. The molecule has 0 aliphatic carbocycles. The second-order valence-electron chi connectivity index (χ2n) is 6.48. The van der Waals surface area contributed by atoms with Crippen molar-refractivity contribution >= 4 is 17.6 Å². The highest BCUT2D eigenvalue weighted by molar-refractivity contribution is 6.07. The van der Waals surface area contributed by atoms with E-state index >= 15 is 0 Å². The highest BCUT2D eigenvalue weighted by atomic mass is 19.4. The zero-order chi connectivity index (χ0) is 20.5. The van der Waals surface area contributed by atoms with Crippen molar-refractivity contribution in [2.24, 2.45) is 0 Å². The number of carbonyl (C=O) groups excluding carboxylic acids is 2. The second kappa shape index (κ2) is 7.38. The molecule has 1 heterocycles. The van der Waals surface area contributed by atoms with Crippen LogP contribution in [0.5, 0.6) is 0 Å². The first-order valence-corrected chi connectivity index (χ1v) is 8.49. The van der Waals surface area contributed by atoms with E-state index in [1.165, 1.54) is 25.1 Å². The molecular weight excluding hydrogens is 371 g/mol. The summed E-state index contributed by atoms with van der Waals surface area (Å²) in [7, 11) is 0. The minimum atomic E-state index is -4.61. The molecule has 2 aromatic rings. The summed E-state index contributed by atoms with van der Waals surface area (Å²) >= 11 is 0. The maximum Gasteiger partial charge on any atom is 0.418 e. The number of amides is 3. The molecule has 146 valence electrons. The Morgan fingerprint density at radius 1 is 1.04 bits per heavy atom. The van der Waals surface area contributed by atoms with E-state index in [1.807, 2.05) is 19.1 Å². The normalized spacial score (nSPS) is 17.0. The van der Waals surface area contributed by atoms with Crippen LogP contribution in [-0.4, -0.2) is 11.9 Å². The quantitative estimate of drug-likeness (QED) is 0.733. The Labute approximate surface area is 159 Å². The Hall–Kier alpha value is -3.29. The van der Waals surface area contributed by atoms with Crippen molar-refractivity contribution in [3.05, 3.63) is 76.5 Å². The van der Waals surface area contributed by atoms with Gasteiger partial charge in [0, 0.05) is 5.70 Å². The fraction of sp³-hybridized carbons (Fsp3) is 0.200. The van der Waals surface area contributed by atoms with Crippen LogP contribution >= 0.6 is 0 Å². The van der Waals surface area contributed by atoms with Gasteiger partial charge in [0.25, 0.3) is 5.91 Å². The van der Waals surface area contributed by atoms with Crippen LogP contribution in [0, 0.1) is 6.92 Å². The molecule has 2 aromatic carbocycles. The van der Waals surface area contributed by atoms with Gasteiger partial charge in [0.1, 0.15) is 0 Å². The zero-order valence-corrected chi connectivity index (χ0v) is 15.1. The van der Waals surface area contributed by atoms with Crippen LogP contribution in [-0.2, 0) is 11.0 Å². The third-order valence-corrected chi connectivity index (χ3v) is 4.41. The number of urea groups is 1. The molecule has 28 heavy (non-hydrogen) atoms. The molecule has 0 bridgehead atoms. The van der Waals surface area contributed by atoms with Crippen LogP contribution in [0.25, 0.3) is 0 Å². The largest absolute Gasteiger partial charge is 0.418 e. The van der Waals surface area contributed by atoms with Crippen molar-refractivity contribution in [3.63, 3.8) is 0 Å². The van der Waals surface area contributed by atoms with Gasteiger partial charge in [-0.1, -0.05) is 42.0 Å². The average molecular weight is 389 g/mol. The van der Waals surface area contributed by atoms with Crippen molar-refractivity contribution in [3.8, 4) is 0 Å². The van der Waals surface area contributed by atoms with Gasteiger partial charge in [0.05, 0.1) is 22.9 Å². The monoisotopic (exact) mass is 389 g/mol. The molecule has 0 saturated carbocycles. The fourth-order valence-electron chi connectivity index (χ4n) is 3.03. The van der Waals surface area contributed by atoms with Crippen LogP contribution in [0.2, 0.25) is 0 Å². The lowest BCUT2D eigenvalue weighted by Gasteiger charge is -2.29. The molecule has 8 heteroatoms. The van der Waals surface area contributed by atoms with Crippen LogP contribution in [0.3, 0.4) is 0 Å². The summed E-state index contributed by atoms with van der Waals surface area (Å²) < 4.78 is 39.6. The van der Waals surface area contributed by atoms with E-state index in [9.17, 15) is 22.8 Å². The summed E-state index contributed by atoms with van der Waals surface area (Å²) in [4.78, 5) is 24.8. The summed E-state index contributed by atoms with van der Waals surface area (Å²) in [5.41, 5.74) is 0.766. The Kier molecular flexibility index (Phi) is 5.13. The fourth-order valence-corrected chi connectivity index (χ4v) is 3.03. The molecule has 0 fully saturated rings. The second-order valence-corrected chi connectivity index (χ2v) is 6.48. The average Bonchev–Trinajstić information content (AvgIpc) is 2.61. The Balaban J connectivity index is 1.98. The first-order chi connectivity index (χ1) is 13.2. The number of allylic oxidation sites excluding steroid dienone is 1. The number of hydrogen-bond donors (Lipinski definition) is 3. The van der Waals surface area contributed by atoms with Gasteiger partial charge in [-0.15, -0.1) is 0 Å². The van der Waals surface area contributed by atoms with Gasteiger partial charge >= 0.3 is 12.2 Å². The van der Waals surface area contributed by atoms with Gasteiger partial charge in [-0.3, -0.25) is 4.79 Å². The van der Waals surface area contributed by atoms with E-state index in [1.54, 1.807) is 12.1 Å². The number of rotatable bonds is 3. The van der Waals surface area contributed by atoms with E-state index < -0.39 is 29.7 Å². The third kappa shape index (κ3) is 4.00. The molecule has 0 spiro atoms. The molecule has 0 radical (unpaired) electrons. The van der Waals surface area contributed by atoms with Crippen molar-refractivity contribution in [1.29, 1.82) is 0 Å². The smallest absolute Gasteiger partial charge is 0.327 e. The Morgan fingerprint density at radius 2 is 1.68 bits per heavy atom. The number of anilines is 1. The first-order valence-electron chi connectivity index (χ1n) is 8.49. The van der Waals surface area contributed by atoms with Crippen LogP contribution in [0.1, 0.15) is 29.7 Å². The maximum absolute atomic E-state index is 13.2. The molecule has 5 nitrogen and oxygen atoms in total. The summed E-state index contributed by atoms with van der Waals surface area (Å²) in [6.45, 7) is 3.43. The van der Waals surface area contributed by atoms with Crippen molar-refractivity contribution in [1.82, 2.24) is 10.6 Å². The van der Waals surface area contributed by atoms with Crippen molar-refractivity contribution < 1.29 is 22.8 Å². The highest BCUT2D eigenvalue weighted by Crippen LogP contribution is 2.35. The van der Waals surface area contributed by atoms with E-state index in [0.717, 1.165) is 11.6 Å². The van der Waals surface area contributed by atoms with Crippen LogP contribution < -0.4 is 16.0 Å². The van der Waals surface area contributed by atoms with E-state index in [2.05, 4.69) is 16.0 Å². The lowest BCUT2D eigenvalue weighted by molar-refractivity contribution is -0.137. The van der Waals surface area contributed by atoms with Crippen molar-refractivity contribution in [2.45, 2.75) is 26.1 Å². The lowest BCUT2D eigenvalue weighted by atomic mass is 9.94. The molecule has 3 N–H and O–H groups in total. The number of hydrogen-bond acceptors (Lipinski definition) is 2. The third-order valence-electron chi connectivity index (χ3n) is 4.41. The predicted octanol–water partition coefficient (Wildman–Crippen LogP) is 4.28. The zero-order valence-electron chi connectivity index (χ0n) is 15.1. The topological polar surface area (TPSA) is 70.2 Å². The van der Waals surface area contributed by atoms with Gasteiger partial charge in [0.15, 0.2) is 0 Å².